The van der Waals surface area contributed by atoms with Gasteiger partial charge in [0.1, 0.15) is 11.1 Å². The Kier molecular flexibility index (Phi) is 4.47. The zero-order valence-corrected chi connectivity index (χ0v) is 11.8. The lowest BCUT2D eigenvalue weighted by atomic mass is 10.1. The molecule has 1 atom stereocenters. The largest absolute Gasteiger partial charge is 0.375 e. The van der Waals surface area contributed by atoms with Gasteiger partial charge in [-0.15, -0.1) is 11.3 Å². The lowest BCUT2D eigenvalue weighted by Crippen LogP contribution is -2.04. The minimum atomic E-state index is 0.0445. The van der Waals surface area contributed by atoms with Gasteiger partial charge in [0, 0.05) is 24.1 Å². The Hall–Kier alpha value is -1.23. The van der Waals surface area contributed by atoms with Crippen LogP contribution in [0.25, 0.3) is 11.3 Å². The van der Waals surface area contributed by atoms with E-state index >= 15 is 0 Å². The summed E-state index contributed by atoms with van der Waals surface area (Å²) in [7, 11) is 3.67. The van der Waals surface area contributed by atoms with Crippen molar-refractivity contribution in [2.45, 2.75) is 19.6 Å². The highest BCUT2D eigenvalue weighted by Gasteiger charge is 2.16. The van der Waals surface area contributed by atoms with Gasteiger partial charge in [-0.1, -0.05) is 30.3 Å². The number of aromatic nitrogens is 1. The highest BCUT2D eigenvalue weighted by molar-refractivity contribution is 7.12. The molecule has 3 nitrogen and oxygen atoms in total. The maximum Gasteiger partial charge on any atom is 0.122 e. The van der Waals surface area contributed by atoms with E-state index in [1.807, 2.05) is 32.2 Å². The molecule has 1 aromatic heterocycles. The summed E-state index contributed by atoms with van der Waals surface area (Å²) in [4.78, 5) is 5.98. The summed E-state index contributed by atoms with van der Waals surface area (Å²) in [6.45, 7) is 2.86. The number of rotatable bonds is 5. The first-order valence-electron chi connectivity index (χ1n) is 5.98. The Balaban J connectivity index is 2.41. The summed E-state index contributed by atoms with van der Waals surface area (Å²) in [5.41, 5.74) is 2.22. The Labute approximate surface area is 112 Å². The number of nitrogens with zero attached hydrogens (tertiary/aromatic N) is 1. The predicted molar refractivity (Wildman–Crippen MR) is 75.7 cm³/mol. The monoisotopic (exact) mass is 262 g/mol. The van der Waals surface area contributed by atoms with Crippen molar-refractivity contribution in [3.8, 4) is 11.3 Å². The van der Waals surface area contributed by atoms with Crippen LogP contribution >= 0.6 is 11.3 Å². The Morgan fingerprint density at radius 2 is 2.06 bits per heavy atom. The van der Waals surface area contributed by atoms with Gasteiger partial charge in [-0.25, -0.2) is 4.98 Å². The van der Waals surface area contributed by atoms with E-state index < -0.39 is 0 Å². The summed E-state index contributed by atoms with van der Waals surface area (Å²) >= 11 is 1.71. The van der Waals surface area contributed by atoms with Crippen LogP contribution < -0.4 is 5.32 Å². The summed E-state index contributed by atoms with van der Waals surface area (Å²) in [5, 5.41) is 4.22. The lowest BCUT2D eigenvalue weighted by molar-refractivity contribution is 0.119. The van der Waals surface area contributed by atoms with Gasteiger partial charge in [0.05, 0.1) is 5.69 Å². The van der Waals surface area contributed by atoms with Crippen LogP contribution in [0.1, 0.15) is 22.9 Å². The molecule has 2 aromatic rings. The molecule has 0 aliphatic carbocycles. The summed E-state index contributed by atoms with van der Waals surface area (Å²) in [6.07, 6.45) is 0.0445. The zero-order chi connectivity index (χ0) is 13.0. The van der Waals surface area contributed by atoms with Crippen LogP contribution in [0.2, 0.25) is 0 Å². The highest BCUT2D eigenvalue weighted by atomic mass is 32.1. The molecule has 0 radical (unpaired) electrons. The Morgan fingerprint density at radius 3 is 2.67 bits per heavy atom. The standard InChI is InChI=1S/C14H18N2OS/c1-10(17-3)14-16-13(12(18-14)9-15-2)11-7-5-4-6-8-11/h4-8,10,15H,9H2,1-3H3. The fraction of sp³-hybridized carbons (Fsp3) is 0.357. The zero-order valence-electron chi connectivity index (χ0n) is 10.9. The van der Waals surface area contributed by atoms with Crippen LogP contribution in [0.15, 0.2) is 30.3 Å². The average Bonchev–Trinajstić information content (AvgIpc) is 2.83. The molecular weight excluding hydrogens is 244 g/mol. The SMILES string of the molecule is CNCc1sc(C(C)OC)nc1-c1ccccc1. The van der Waals surface area contributed by atoms with Gasteiger partial charge in [0.25, 0.3) is 0 Å². The van der Waals surface area contributed by atoms with E-state index in [-0.39, 0.29) is 6.10 Å². The molecule has 1 N–H and O–H groups in total. The number of benzene rings is 1. The molecule has 4 heteroatoms. The third-order valence-corrected chi connectivity index (χ3v) is 4.02. The van der Waals surface area contributed by atoms with Gasteiger partial charge < -0.3 is 10.1 Å². The van der Waals surface area contributed by atoms with Crippen molar-refractivity contribution in [2.24, 2.45) is 0 Å². The third kappa shape index (κ3) is 2.77. The van der Waals surface area contributed by atoms with E-state index in [1.165, 1.54) is 4.88 Å². The minimum absolute atomic E-state index is 0.0445. The van der Waals surface area contributed by atoms with Crippen molar-refractivity contribution in [1.29, 1.82) is 0 Å². The lowest BCUT2D eigenvalue weighted by Gasteiger charge is -2.03. The van der Waals surface area contributed by atoms with E-state index in [0.29, 0.717) is 0 Å². The fourth-order valence-corrected chi connectivity index (χ4v) is 2.87. The van der Waals surface area contributed by atoms with Crippen molar-refractivity contribution in [3.63, 3.8) is 0 Å². The van der Waals surface area contributed by atoms with Gasteiger partial charge in [-0.3, -0.25) is 0 Å². The normalized spacial score (nSPS) is 12.6. The minimum Gasteiger partial charge on any atom is -0.375 e. The van der Waals surface area contributed by atoms with Gasteiger partial charge >= 0.3 is 0 Å². The molecule has 0 spiro atoms. The molecule has 0 fully saturated rings. The second-order valence-electron chi connectivity index (χ2n) is 4.10. The molecule has 0 aliphatic rings. The van der Waals surface area contributed by atoms with Crippen LogP contribution in [-0.2, 0) is 11.3 Å². The van der Waals surface area contributed by atoms with Crippen molar-refractivity contribution in [1.82, 2.24) is 10.3 Å². The van der Waals surface area contributed by atoms with Crippen molar-refractivity contribution < 1.29 is 4.74 Å². The summed E-state index contributed by atoms with van der Waals surface area (Å²) in [5.74, 6) is 0. The molecule has 2 rings (SSSR count). The van der Waals surface area contributed by atoms with Crippen molar-refractivity contribution >= 4 is 11.3 Å². The molecule has 0 bridgehead atoms. The maximum absolute atomic E-state index is 5.35. The molecule has 1 aromatic carbocycles. The van der Waals surface area contributed by atoms with Crippen molar-refractivity contribution in [2.75, 3.05) is 14.2 Å². The first-order valence-corrected chi connectivity index (χ1v) is 6.80. The second kappa shape index (κ2) is 6.09. The number of nitrogens with one attached hydrogen (secondary N) is 1. The number of ether oxygens (including phenoxy) is 1. The molecule has 0 saturated heterocycles. The molecule has 0 amide bonds. The topological polar surface area (TPSA) is 34.1 Å². The summed E-state index contributed by atoms with van der Waals surface area (Å²) < 4.78 is 5.35. The van der Waals surface area contributed by atoms with Gasteiger partial charge in [-0.05, 0) is 14.0 Å². The van der Waals surface area contributed by atoms with Crippen LogP contribution in [0, 0.1) is 0 Å². The van der Waals surface area contributed by atoms with Gasteiger partial charge in [0.2, 0.25) is 0 Å². The molecule has 18 heavy (non-hydrogen) atoms. The Morgan fingerprint density at radius 1 is 1.33 bits per heavy atom. The van der Waals surface area contributed by atoms with E-state index in [9.17, 15) is 0 Å². The van der Waals surface area contributed by atoms with Crippen LogP contribution in [0.5, 0.6) is 0 Å². The third-order valence-electron chi connectivity index (χ3n) is 2.80. The fourth-order valence-electron chi connectivity index (χ4n) is 1.75. The number of hydrogen-bond donors (Lipinski definition) is 1. The second-order valence-corrected chi connectivity index (χ2v) is 5.21. The molecule has 96 valence electrons. The van der Waals surface area contributed by atoms with Crippen LogP contribution in [0.4, 0.5) is 0 Å². The average molecular weight is 262 g/mol. The molecule has 0 saturated carbocycles. The molecular formula is C14H18N2OS. The van der Waals surface area contributed by atoms with E-state index in [2.05, 4.69) is 17.4 Å². The predicted octanol–water partition coefficient (Wildman–Crippen LogP) is 3.24. The number of thiazole rings is 1. The van der Waals surface area contributed by atoms with E-state index in [0.717, 1.165) is 22.8 Å². The highest BCUT2D eigenvalue weighted by Crippen LogP contribution is 2.31. The molecule has 0 aliphatic heterocycles. The Bertz CT molecular complexity index is 496. The van der Waals surface area contributed by atoms with E-state index in [4.69, 9.17) is 9.72 Å². The molecule has 1 heterocycles. The smallest absolute Gasteiger partial charge is 0.122 e. The van der Waals surface area contributed by atoms with Gasteiger partial charge in [0.15, 0.2) is 0 Å². The maximum atomic E-state index is 5.35. The number of methoxy groups -OCH3 is 1. The first-order chi connectivity index (χ1) is 8.76. The summed E-state index contributed by atoms with van der Waals surface area (Å²) in [6, 6.07) is 10.3. The van der Waals surface area contributed by atoms with Crippen LogP contribution in [0.3, 0.4) is 0 Å². The van der Waals surface area contributed by atoms with Gasteiger partial charge in [-0.2, -0.15) is 0 Å². The first kappa shape index (κ1) is 13.2. The quantitative estimate of drug-likeness (QED) is 0.898. The molecule has 1 unspecified atom stereocenters. The van der Waals surface area contributed by atoms with Crippen molar-refractivity contribution in [3.05, 3.63) is 40.2 Å². The van der Waals surface area contributed by atoms with Crippen LogP contribution in [-0.4, -0.2) is 19.1 Å². The number of hydrogen-bond acceptors (Lipinski definition) is 4. The van der Waals surface area contributed by atoms with E-state index in [1.54, 1.807) is 18.4 Å².